The van der Waals surface area contributed by atoms with Crippen molar-refractivity contribution in [2.24, 2.45) is 0 Å². The van der Waals surface area contributed by atoms with Gasteiger partial charge in [-0.2, -0.15) is 0 Å². The van der Waals surface area contributed by atoms with Crippen LogP contribution in [0.25, 0.3) is 67.1 Å². The van der Waals surface area contributed by atoms with E-state index in [4.69, 9.17) is 25.4 Å². The van der Waals surface area contributed by atoms with E-state index in [1.54, 1.807) is 6.20 Å². The van der Waals surface area contributed by atoms with Crippen LogP contribution in [0, 0.1) is 0 Å². The zero-order valence-electron chi connectivity index (χ0n) is 39.8. The Labute approximate surface area is 413 Å². The number of halogens is 2. The predicted octanol–water partition coefficient (Wildman–Crippen LogP) is 18.8. The summed E-state index contributed by atoms with van der Waals surface area (Å²) in [6, 6.07) is 58.1. The highest BCUT2D eigenvalue weighted by Crippen LogP contribution is 2.48. The molecule has 0 spiro atoms. The second-order valence-corrected chi connectivity index (χ2v) is 19.5. The van der Waals surface area contributed by atoms with Gasteiger partial charge >= 0.3 is 0 Å². The third-order valence-corrected chi connectivity index (χ3v) is 12.8. The molecule has 8 heteroatoms. The number of furan rings is 2. The Hall–Kier alpha value is -6.93. The maximum Gasteiger partial charge on any atom is 0.229 e. The van der Waals surface area contributed by atoms with E-state index in [9.17, 15) is 0 Å². The van der Waals surface area contributed by atoms with Gasteiger partial charge in [0.2, 0.25) is 11.4 Å². The van der Waals surface area contributed by atoms with Gasteiger partial charge in [-0.05, 0) is 73.3 Å². The molecule has 4 heterocycles. The van der Waals surface area contributed by atoms with Crippen molar-refractivity contribution in [1.29, 1.82) is 0 Å². The fourth-order valence-electron chi connectivity index (χ4n) is 8.05. The number of hydrogen-bond donors (Lipinski definition) is 2. The lowest BCUT2D eigenvalue weighted by Gasteiger charge is -2.21. The Morgan fingerprint density at radius 3 is 1.25 bits per heavy atom. The van der Waals surface area contributed by atoms with Crippen molar-refractivity contribution >= 4 is 72.5 Å². The Bertz CT molecular complexity index is 3250. The van der Waals surface area contributed by atoms with E-state index in [1.807, 2.05) is 105 Å². The fourth-order valence-corrected chi connectivity index (χ4v) is 8.57. The molecule has 0 radical (unpaired) electrons. The van der Waals surface area contributed by atoms with Gasteiger partial charge in [0.25, 0.3) is 0 Å². The van der Waals surface area contributed by atoms with Gasteiger partial charge in [-0.15, -0.1) is 0 Å². The maximum atomic E-state index is 6.56. The Balaban J connectivity index is 0.000000209. The molecule has 6 nitrogen and oxygen atoms in total. The zero-order valence-corrected chi connectivity index (χ0v) is 42.1. The molecule has 0 fully saturated rings. The standard InChI is InChI=1S/C39H39N3O.C19H11BrClNO.C2H6/c1-38(2,3)28-17-21-30(22-18-28)41-32-25-40-37-34(35(32)42-31-23-19-29(20-24-31)39(4,5)6)33(26-13-9-7-10-14-26)36(43-37)27-15-11-8-12-16-27;20-14-11-22-19-16(17(14)21)15(12-7-3-1-4-8-12)18(23-19)13-9-5-2-6-10-13;1-2/h7-25,41H,1-6H3,(H,40,42);1-11H;1-2H3. The summed E-state index contributed by atoms with van der Waals surface area (Å²) < 4.78 is 13.4. The summed E-state index contributed by atoms with van der Waals surface area (Å²) in [6.07, 6.45) is 3.52. The van der Waals surface area contributed by atoms with Gasteiger partial charge in [0.05, 0.1) is 37.8 Å². The smallest absolute Gasteiger partial charge is 0.229 e. The van der Waals surface area contributed by atoms with Crippen LogP contribution in [0.5, 0.6) is 0 Å². The van der Waals surface area contributed by atoms with Crippen molar-refractivity contribution < 1.29 is 8.83 Å². The summed E-state index contributed by atoms with van der Waals surface area (Å²) in [5.41, 5.74) is 13.7. The van der Waals surface area contributed by atoms with Crippen LogP contribution in [-0.2, 0) is 10.8 Å². The predicted molar refractivity (Wildman–Crippen MR) is 291 cm³/mol. The number of fused-ring (bicyclic) bond motifs is 2. The molecule has 0 amide bonds. The number of rotatable bonds is 8. The molecule has 342 valence electrons. The Kier molecular flexibility index (Phi) is 14.4. The molecule has 0 saturated carbocycles. The molecule has 0 bridgehead atoms. The number of anilines is 4. The van der Waals surface area contributed by atoms with Crippen LogP contribution < -0.4 is 10.6 Å². The summed E-state index contributed by atoms with van der Waals surface area (Å²) in [6.45, 7) is 17.4. The number of pyridine rings is 2. The van der Waals surface area contributed by atoms with Crippen LogP contribution in [0.4, 0.5) is 22.7 Å². The highest BCUT2D eigenvalue weighted by atomic mass is 79.9. The average Bonchev–Trinajstić information content (AvgIpc) is 3.96. The van der Waals surface area contributed by atoms with Crippen molar-refractivity contribution in [3.8, 4) is 44.9 Å². The fraction of sp³-hybridized carbons (Fsp3) is 0.167. The third-order valence-electron chi connectivity index (χ3n) is 11.6. The third kappa shape index (κ3) is 10.3. The number of nitrogens with one attached hydrogen (secondary N) is 2. The number of hydrogen-bond acceptors (Lipinski definition) is 6. The van der Waals surface area contributed by atoms with Gasteiger partial charge in [-0.3, -0.25) is 0 Å². The SMILES string of the molecule is CC.CC(C)(C)c1ccc(Nc2cnc3oc(-c4ccccc4)c(-c4ccccc4)c3c2Nc2ccc(C(C)(C)C)cc2)cc1.Clc1c(Br)cnc2oc(-c3ccccc3)c(-c3ccccc3)c12. The van der Waals surface area contributed by atoms with Crippen molar-refractivity contribution in [2.75, 3.05) is 10.6 Å². The van der Waals surface area contributed by atoms with Gasteiger partial charge < -0.3 is 19.5 Å². The van der Waals surface area contributed by atoms with E-state index < -0.39 is 0 Å². The molecular formula is C60H56BrClN4O2. The second kappa shape index (κ2) is 20.5. The normalized spacial score (nSPS) is 11.4. The van der Waals surface area contributed by atoms with Gasteiger partial charge in [-0.1, -0.05) is 213 Å². The first-order valence-electron chi connectivity index (χ1n) is 23.0. The van der Waals surface area contributed by atoms with Crippen molar-refractivity contribution in [3.05, 3.63) is 203 Å². The maximum absolute atomic E-state index is 6.56. The minimum Gasteiger partial charge on any atom is -0.437 e. The van der Waals surface area contributed by atoms with E-state index in [-0.39, 0.29) is 10.8 Å². The molecule has 6 aromatic carbocycles. The van der Waals surface area contributed by atoms with Crippen LogP contribution in [-0.4, -0.2) is 9.97 Å². The van der Waals surface area contributed by atoms with Gasteiger partial charge in [-0.25, -0.2) is 9.97 Å². The molecule has 4 aromatic heterocycles. The molecule has 68 heavy (non-hydrogen) atoms. The van der Waals surface area contributed by atoms with E-state index in [2.05, 4.69) is 158 Å². The minimum atomic E-state index is 0.0734. The van der Waals surface area contributed by atoms with Crippen LogP contribution in [0.2, 0.25) is 5.02 Å². The van der Waals surface area contributed by atoms with Gasteiger partial charge in [0.15, 0.2) is 0 Å². The first kappa shape index (κ1) is 47.6. The first-order chi connectivity index (χ1) is 32.8. The quantitative estimate of drug-likeness (QED) is 0.158. The van der Waals surface area contributed by atoms with E-state index >= 15 is 0 Å². The van der Waals surface area contributed by atoms with E-state index in [0.717, 1.165) is 82.9 Å². The van der Waals surface area contributed by atoms with Crippen molar-refractivity contribution in [1.82, 2.24) is 9.97 Å². The highest BCUT2D eigenvalue weighted by molar-refractivity contribution is 9.10. The lowest BCUT2D eigenvalue weighted by molar-refractivity contribution is 0.590. The topological polar surface area (TPSA) is 76.1 Å². The molecule has 2 N–H and O–H groups in total. The minimum absolute atomic E-state index is 0.0734. The molecule has 10 aromatic rings. The summed E-state index contributed by atoms with van der Waals surface area (Å²) >= 11 is 9.99. The van der Waals surface area contributed by atoms with Crippen LogP contribution in [0.1, 0.15) is 66.5 Å². The zero-order chi connectivity index (χ0) is 48.0. The van der Waals surface area contributed by atoms with Gasteiger partial charge in [0.1, 0.15) is 11.5 Å². The summed E-state index contributed by atoms with van der Waals surface area (Å²) in [7, 11) is 0. The summed E-state index contributed by atoms with van der Waals surface area (Å²) in [4.78, 5) is 9.22. The second-order valence-electron chi connectivity index (χ2n) is 18.3. The lowest BCUT2D eigenvalue weighted by Crippen LogP contribution is -2.11. The number of nitrogens with zero attached hydrogens (tertiary/aromatic N) is 2. The molecular weight excluding hydrogens is 924 g/mol. The summed E-state index contributed by atoms with van der Waals surface area (Å²) in [5.74, 6) is 1.58. The lowest BCUT2D eigenvalue weighted by atomic mass is 9.87. The Morgan fingerprint density at radius 2 is 0.824 bits per heavy atom. The molecule has 0 aliphatic carbocycles. The largest absolute Gasteiger partial charge is 0.437 e. The monoisotopic (exact) mass is 978 g/mol. The van der Waals surface area contributed by atoms with Crippen LogP contribution >= 0.6 is 27.5 Å². The van der Waals surface area contributed by atoms with Gasteiger partial charge in [0, 0.05) is 39.8 Å². The molecule has 0 aliphatic heterocycles. The summed E-state index contributed by atoms with van der Waals surface area (Å²) in [5, 5.41) is 9.79. The van der Waals surface area contributed by atoms with E-state index in [0.29, 0.717) is 16.4 Å². The highest BCUT2D eigenvalue weighted by Gasteiger charge is 2.25. The first-order valence-corrected chi connectivity index (χ1v) is 24.2. The molecule has 0 unspecified atom stereocenters. The van der Waals surface area contributed by atoms with Crippen molar-refractivity contribution in [3.63, 3.8) is 0 Å². The molecule has 0 saturated heterocycles. The number of benzene rings is 6. The van der Waals surface area contributed by atoms with E-state index in [1.165, 1.54) is 11.1 Å². The number of aromatic nitrogens is 2. The van der Waals surface area contributed by atoms with Crippen molar-refractivity contribution in [2.45, 2.75) is 66.2 Å². The van der Waals surface area contributed by atoms with Crippen LogP contribution in [0.3, 0.4) is 0 Å². The Morgan fingerprint density at radius 1 is 0.456 bits per heavy atom. The van der Waals surface area contributed by atoms with Crippen LogP contribution in [0.15, 0.2) is 196 Å². The average molecular weight is 980 g/mol. The molecule has 10 rings (SSSR count). The molecule has 0 atom stereocenters. The molecule has 0 aliphatic rings.